The molecule has 16 heavy (non-hydrogen) atoms. The first kappa shape index (κ1) is 13.0. The third kappa shape index (κ3) is 4.23. The summed E-state index contributed by atoms with van der Waals surface area (Å²) in [6, 6.07) is 7.57. The minimum atomic E-state index is -3.17. The fraction of sp³-hybridized carbons (Fsp3) is 0.500. The van der Waals surface area contributed by atoms with Crippen molar-refractivity contribution in [2.45, 2.75) is 27.2 Å². The van der Waals surface area contributed by atoms with Crippen LogP contribution >= 0.6 is 0 Å². The van der Waals surface area contributed by atoms with Gasteiger partial charge in [0.05, 0.1) is 5.75 Å². The molecule has 0 bridgehead atoms. The Hall–Kier alpha value is -1.03. The van der Waals surface area contributed by atoms with Gasteiger partial charge in [-0.05, 0) is 37.0 Å². The van der Waals surface area contributed by atoms with Crippen molar-refractivity contribution in [3.8, 4) is 0 Å². The van der Waals surface area contributed by atoms with Gasteiger partial charge < -0.3 is 0 Å². The van der Waals surface area contributed by atoms with E-state index < -0.39 is 10.0 Å². The van der Waals surface area contributed by atoms with Crippen molar-refractivity contribution in [2.75, 3.05) is 10.5 Å². The van der Waals surface area contributed by atoms with Crippen LogP contribution < -0.4 is 4.72 Å². The van der Waals surface area contributed by atoms with Crippen LogP contribution in [0.25, 0.3) is 0 Å². The van der Waals surface area contributed by atoms with Crippen molar-refractivity contribution < 1.29 is 8.42 Å². The van der Waals surface area contributed by atoms with Gasteiger partial charge in [-0.15, -0.1) is 0 Å². The molecule has 0 radical (unpaired) electrons. The quantitative estimate of drug-likeness (QED) is 0.861. The Morgan fingerprint density at radius 1 is 1.31 bits per heavy atom. The standard InChI is InChI=1S/C12H19NO2S/c1-4-16(14,15)13-12-7-5-6-11(9-12)8-10(2)3/h5-7,9-10,13H,4,8H2,1-3H3. The molecule has 90 valence electrons. The molecule has 0 saturated heterocycles. The molecule has 0 aliphatic rings. The van der Waals surface area contributed by atoms with E-state index in [1.807, 2.05) is 18.2 Å². The number of nitrogens with one attached hydrogen (secondary N) is 1. The molecule has 0 heterocycles. The summed E-state index contributed by atoms with van der Waals surface area (Å²) >= 11 is 0. The minimum Gasteiger partial charge on any atom is -0.284 e. The second kappa shape index (κ2) is 5.34. The van der Waals surface area contributed by atoms with E-state index in [4.69, 9.17) is 0 Å². The van der Waals surface area contributed by atoms with E-state index in [2.05, 4.69) is 18.6 Å². The zero-order valence-electron chi connectivity index (χ0n) is 10.0. The lowest BCUT2D eigenvalue weighted by Crippen LogP contribution is -2.14. The molecule has 0 spiro atoms. The van der Waals surface area contributed by atoms with Crippen molar-refractivity contribution in [3.63, 3.8) is 0 Å². The van der Waals surface area contributed by atoms with E-state index >= 15 is 0 Å². The Morgan fingerprint density at radius 2 is 2.00 bits per heavy atom. The first-order chi connectivity index (χ1) is 7.43. The van der Waals surface area contributed by atoms with Gasteiger partial charge in [0.2, 0.25) is 10.0 Å². The van der Waals surface area contributed by atoms with E-state index in [0.717, 1.165) is 12.0 Å². The Labute approximate surface area is 97.9 Å². The fourth-order valence-electron chi connectivity index (χ4n) is 1.48. The Kier molecular flexibility index (Phi) is 4.35. The number of anilines is 1. The molecule has 0 atom stereocenters. The number of hydrogen-bond acceptors (Lipinski definition) is 2. The largest absolute Gasteiger partial charge is 0.284 e. The van der Waals surface area contributed by atoms with Gasteiger partial charge in [0.1, 0.15) is 0 Å². The number of benzene rings is 1. The van der Waals surface area contributed by atoms with Gasteiger partial charge in [-0.1, -0.05) is 26.0 Å². The maximum absolute atomic E-state index is 11.4. The van der Waals surface area contributed by atoms with Crippen LogP contribution in [0.4, 0.5) is 5.69 Å². The molecule has 1 aromatic rings. The van der Waals surface area contributed by atoms with Crippen LogP contribution in [-0.4, -0.2) is 14.2 Å². The lowest BCUT2D eigenvalue weighted by Gasteiger charge is -2.09. The zero-order valence-corrected chi connectivity index (χ0v) is 10.8. The summed E-state index contributed by atoms with van der Waals surface area (Å²) in [6.07, 6.45) is 0.960. The van der Waals surface area contributed by atoms with E-state index in [0.29, 0.717) is 11.6 Å². The lowest BCUT2D eigenvalue weighted by molar-refractivity contribution is 0.602. The first-order valence-corrected chi connectivity index (χ1v) is 7.17. The van der Waals surface area contributed by atoms with E-state index in [1.165, 1.54) is 0 Å². The molecule has 0 aromatic heterocycles. The summed E-state index contributed by atoms with van der Waals surface area (Å²) in [5, 5.41) is 0. The fourth-order valence-corrected chi connectivity index (χ4v) is 2.12. The van der Waals surface area contributed by atoms with Crippen molar-refractivity contribution >= 4 is 15.7 Å². The van der Waals surface area contributed by atoms with Gasteiger partial charge >= 0.3 is 0 Å². The molecule has 0 aliphatic carbocycles. The molecule has 1 N–H and O–H groups in total. The highest BCUT2D eigenvalue weighted by Gasteiger charge is 2.07. The topological polar surface area (TPSA) is 46.2 Å². The third-order valence-corrected chi connectivity index (χ3v) is 3.53. The van der Waals surface area contributed by atoms with Crippen LogP contribution in [0.3, 0.4) is 0 Å². The molecular weight excluding hydrogens is 222 g/mol. The monoisotopic (exact) mass is 241 g/mol. The number of rotatable bonds is 5. The highest BCUT2D eigenvalue weighted by Crippen LogP contribution is 2.15. The Bertz CT molecular complexity index is 438. The average molecular weight is 241 g/mol. The first-order valence-electron chi connectivity index (χ1n) is 5.52. The molecule has 4 heteroatoms. The maximum Gasteiger partial charge on any atom is 0.232 e. The average Bonchev–Trinajstić information content (AvgIpc) is 2.16. The van der Waals surface area contributed by atoms with Gasteiger partial charge in [-0.3, -0.25) is 4.72 Å². The Morgan fingerprint density at radius 3 is 2.56 bits per heavy atom. The van der Waals surface area contributed by atoms with Gasteiger partial charge in [0, 0.05) is 5.69 Å². The number of hydrogen-bond donors (Lipinski definition) is 1. The van der Waals surface area contributed by atoms with E-state index in [-0.39, 0.29) is 5.75 Å². The van der Waals surface area contributed by atoms with Crippen molar-refractivity contribution in [1.29, 1.82) is 0 Å². The molecule has 0 unspecified atom stereocenters. The molecule has 1 rings (SSSR count). The van der Waals surface area contributed by atoms with E-state index in [9.17, 15) is 8.42 Å². The SMILES string of the molecule is CCS(=O)(=O)Nc1cccc(CC(C)C)c1. The highest BCUT2D eigenvalue weighted by molar-refractivity contribution is 7.92. The van der Waals surface area contributed by atoms with Crippen LogP contribution in [0.15, 0.2) is 24.3 Å². The van der Waals surface area contributed by atoms with Crippen LogP contribution in [0.5, 0.6) is 0 Å². The van der Waals surface area contributed by atoms with Crippen LogP contribution in [0.1, 0.15) is 26.3 Å². The van der Waals surface area contributed by atoms with Gasteiger partial charge in [0.25, 0.3) is 0 Å². The molecule has 0 aliphatic heterocycles. The zero-order chi connectivity index (χ0) is 12.2. The molecule has 0 fully saturated rings. The van der Waals surface area contributed by atoms with Gasteiger partial charge in [0.15, 0.2) is 0 Å². The summed E-state index contributed by atoms with van der Waals surface area (Å²) in [6.45, 7) is 5.91. The smallest absolute Gasteiger partial charge is 0.232 e. The summed E-state index contributed by atoms with van der Waals surface area (Å²) in [5.41, 5.74) is 1.81. The molecular formula is C12H19NO2S. The molecule has 3 nitrogen and oxygen atoms in total. The minimum absolute atomic E-state index is 0.0986. The third-order valence-electron chi connectivity index (χ3n) is 2.22. The summed E-state index contributed by atoms with van der Waals surface area (Å²) in [7, 11) is -3.17. The lowest BCUT2D eigenvalue weighted by atomic mass is 10.0. The summed E-state index contributed by atoms with van der Waals surface area (Å²) in [4.78, 5) is 0. The predicted octanol–water partition coefficient (Wildman–Crippen LogP) is 2.65. The second-order valence-corrected chi connectivity index (χ2v) is 6.31. The second-order valence-electron chi connectivity index (χ2n) is 4.30. The predicted molar refractivity (Wildman–Crippen MR) is 68.1 cm³/mol. The van der Waals surface area contributed by atoms with Crippen molar-refractivity contribution in [2.24, 2.45) is 5.92 Å². The van der Waals surface area contributed by atoms with Crippen LogP contribution in [0.2, 0.25) is 0 Å². The van der Waals surface area contributed by atoms with Gasteiger partial charge in [-0.25, -0.2) is 8.42 Å². The normalized spacial score (nSPS) is 11.8. The van der Waals surface area contributed by atoms with Crippen LogP contribution in [-0.2, 0) is 16.4 Å². The molecule has 1 aromatic carbocycles. The summed E-state index contributed by atoms with van der Waals surface area (Å²) in [5.74, 6) is 0.666. The maximum atomic E-state index is 11.4. The van der Waals surface area contributed by atoms with Crippen molar-refractivity contribution in [1.82, 2.24) is 0 Å². The van der Waals surface area contributed by atoms with Crippen LogP contribution in [0, 0.1) is 5.92 Å². The van der Waals surface area contributed by atoms with E-state index in [1.54, 1.807) is 13.0 Å². The molecule has 0 amide bonds. The van der Waals surface area contributed by atoms with Crippen molar-refractivity contribution in [3.05, 3.63) is 29.8 Å². The highest BCUT2D eigenvalue weighted by atomic mass is 32.2. The van der Waals surface area contributed by atoms with Gasteiger partial charge in [-0.2, -0.15) is 0 Å². The Balaban J connectivity index is 2.83. The molecule has 0 saturated carbocycles. The number of sulfonamides is 1. The summed E-state index contributed by atoms with van der Waals surface area (Å²) < 4.78 is 25.3.